The summed E-state index contributed by atoms with van der Waals surface area (Å²) in [5.41, 5.74) is 0. The molecule has 2 heterocycles. The maximum absolute atomic E-state index is 11.8. The summed E-state index contributed by atoms with van der Waals surface area (Å²) in [6.45, 7) is 3.34. The minimum Gasteiger partial charge on any atom is -0.335 e. The molecule has 1 aliphatic heterocycles. The zero-order chi connectivity index (χ0) is 9.80. The van der Waals surface area contributed by atoms with Gasteiger partial charge < -0.3 is 10.2 Å². The van der Waals surface area contributed by atoms with Crippen molar-refractivity contribution in [2.24, 2.45) is 0 Å². The first-order valence-electron chi connectivity index (χ1n) is 4.73. The molecule has 6 nitrogen and oxygen atoms in total. The molecule has 1 aromatic heterocycles. The Labute approximate surface area is 81.7 Å². The van der Waals surface area contributed by atoms with E-state index in [1.807, 2.05) is 0 Å². The van der Waals surface area contributed by atoms with E-state index in [4.69, 9.17) is 0 Å². The molecule has 1 aromatic rings. The van der Waals surface area contributed by atoms with Crippen LogP contribution in [0.4, 0.5) is 0 Å². The summed E-state index contributed by atoms with van der Waals surface area (Å²) in [5, 5.41) is 9.48. The van der Waals surface area contributed by atoms with Crippen molar-refractivity contribution in [3.63, 3.8) is 0 Å². The Morgan fingerprint density at radius 1 is 1.43 bits per heavy atom. The molecule has 14 heavy (non-hydrogen) atoms. The van der Waals surface area contributed by atoms with Crippen molar-refractivity contribution in [2.45, 2.75) is 6.42 Å². The highest BCUT2D eigenvalue weighted by Gasteiger charge is 2.18. The number of nitrogens with zero attached hydrogens (tertiary/aromatic N) is 3. The lowest BCUT2D eigenvalue weighted by atomic mass is 10.4. The van der Waals surface area contributed by atoms with Gasteiger partial charge in [0.15, 0.2) is 0 Å². The highest BCUT2D eigenvalue weighted by molar-refractivity contribution is 5.90. The molecule has 2 N–H and O–H groups in total. The van der Waals surface area contributed by atoms with E-state index in [1.165, 1.54) is 6.33 Å². The highest BCUT2D eigenvalue weighted by Crippen LogP contribution is 2.00. The van der Waals surface area contributed by atoms with E-state index >= 15 is 0 Å². The molecule has 0 unspecified atom stereocenters. The van der Waals surface area contributed by atoms with Gasteiger partial charge in [-0.3, -0.25) is 9.89 Å². The lowest BCUT2D eigenvalue weighted by Crippen LogP contribution is -2.34. The van der Waals surface area contributed by atoms with Crippen LogP contribution in [0.25, 0.3) is 0 Å². The number of carbonyl (C=O) groups excluding carboxylic acids is 1. The lowest BCUT2D eigenvalue weighted by Gasteiger charge is -2.17. The number of rotatable bonds is 1. The fourth-order valence-electron chi connectivity index (χ4n) is 1.51. The maximum atomic E-state index is 11.8. The number of aromatic amines is 1. The van der Waals surface area contributed by atoms with E-state index in [0.29, 0.717) is 5.82 Å². The zero-order valence-corrected chi connectivity index (χ0v) is 7.86. The Hall–Kier alpha value is -1.43. The van der Waals surface area contributed by atoms with Gasteiger partial charge in [0.05, 0.1) is 0 Å². The number of hydrogen-bond donors (Lipinski definition) is 2. The van der Waals surface area contributed by atoms with Crippen molar-refractivity contribution < 1.29 is 4.79 Å². The van der Waals surface area contributed by atoms with Gasteiger partial charge in [-0.1, -0.05) is 0 Å². The van der Waals surface area contributed by atoms with Crippen LogP contribution in [0.2, 0.25) is 0 Å². The Kier molecular flexibility index (Phi) is 2.73. The molecule has 76 valence electrons. The van der Waals surface area contributed by atoms with Crippen LogP contribution in [-0.4, -0.2) is 52.2 Å². The van der Waals surface area contributed by atoms with E-state index in [1.54, 1.807) is 4.90 Å². The van der Waals surface area contributed by atoms with E-state index < -0.39 is 0 Å². The molecule has 1 fully saturated rings. The van der Waals surface area contributed by atoms with Gasteiger partial charge in [-0.15, -0.1) is 0 Å². The first-order valence-corrected chi connectivity index (χ1v) is 4.73. The van der Waals surface area contributed by atoms with Crippen molar-refractivity contribution in [3.05, 3.63) is 12.2 Å². The molecule has 0 atom stereocenters. The summed E-state index contributed by atoms with van der Waals surface area (Å²) in [7, 11) is 0. The van der Waals surface area contributed by atoms with Gasteiger partial charge in [0.2, 0.25) is 5.82 Å². The Morgan fingerprint density at radius 2 is 2.36 bits per heavy atom. The topological polar surface area (TPSA) is 73.9 Å². The first-order chi connectivity index (χ1) is 6.88. The molecule has 1 amide bonds. The Morgan fingerprint density at radius 3 is 3.14 bits per heavy atom. The molecule has 0 aliphatic carbocycles. The summed E-state index contributed by atoms with van der Waals surface area (Å²) < 4.78 is 0. The molecular weight excluding hydrogens is 182 g/mol. The van der Waals surface area contributed by atoms with Crippen molar-refractivity contribution in [2.75, 3.05) is 26.2 Å². The van der Waals surface area contributed by atoms with Crippen LogP contribution in [0.1, 0.15) is 17.0 Å². The van der Waals surface area contributed by atoms with Crippen molar-refractivity contribution in [1.29, 1.82) is 0 Å². The number of nitrogens with one attached hydrogen (secondary N) is 2. The van der Waals surface area contributed by atoms with Crippen LogP contribution < -0.4 is 5.32 Å². The first kappa shape index (κ1) is 9.14. The summed E-state index contributed by atoms with van der Waals surface area (Å²) in [5.74, 6) is 0.262. The normalized spacial score (nSPS) is 17.9. The molecule has 0 aromatic carbocycles. The summed E-state index contributed by atoms with van der Waals surface area (Å²) in [6.07, 6.45) is 2.34. The van der Waals surface area contributed by atoms with Crippen molar-refractivity contribution >= 4 is 5.91 Å². The van der Waals surface area contributed by atoms with Gasteiger partial charge >= 0.3 is 0 Å². The monoisotopic (exact) mass is 195 g/mol. The van der Waals surface area contributed by atoms with Crippen LogP contribution in [0.3, 0.4) is 0 Å². The third kappa shape index (κ3) is 1.90. The fraction of sp³-hybridized carbons (Fsp3) is 0.625. The van der Waals surface area contributed by atoms with E-state index in [2.05, 4.69) is 20.5 Å². The molecule has 0 spiro atoms. The third-order valence-corrected chi connectivity index (χ3v) is 2.24. The maximum Gasteiger partial charge on any atom is 0.291 e. The molecule has 0 bridgehead atoms. The third-order valence-electron chi connectivity index (χ3n) is 2.24. The molecule has 1 aliphatic rings. The number of carbonyl (C=O) groups is 1. The average molecular weight is 195 g/mol. The van der Waals surface area contributed by atoms with E-state index in [0.717, 1.165) is 32.6 Å². The fourth-order valence-corrected chi connectivity index (χ4v) is 1.51. The van der Waals surface area contributed by atoms with Crippen LogP contribution >= 0.6 is 0 Å². The Bertz CT molecular complexity index is 289. The number of aromatic nitrogens is 3. The molecular formula is C8H13N5O. The van der Waals surface area contributed by atoms with Gasteiger partial charge in [-0.05, 0) is 13.0 Å². The average Bonchev–Trinajstić information content (AvgIpc) is 2.59. The minimum absolute atomic E-state index is 0.0637. The quantitative estimate of drug-likeness (QED) is 0.617. The summed E-state index contributed by atoms with van der Waals surface area (Å²) in [4.78, 5) is 17.4. The van der Waals surface area contributed by atoms with Crippen LogP contribution in [0.15, 0.2) is 6.33 Å². The smallest absolute Gasteiger partial charge is 0.291 e. The van der Waals surface area contributed by atoms with Gasteiger partial charge in [0, 0.05) is 19.6 Å². The summed E-state index contributed by atoms with van der Waals surface area (Å²) >= 11 is 0. The van der Waals surface area contributed by atoms with E-state index in [-0.39, 0.29) is 5.91 Å². The van der Waals surface area contributed by atoms with Crippen molar-refractivity contribution in [3.8, 4) is 0 Å². The second-order valence-electron chi connectivity index (χ2n) is 3.23. The number of hydrogen-bond acceptors (Lipinski definition) is 4. The van der Waals surface area contributed by atoms with Crippen LogP contribution in [-0.2, 0) is 0 Å². The molecule has 6 heteroatoms. The number of amides is 1. The van der Waals surface area contributed by atoms with Gasteiger partial charge in [0.1, 0.15) is 6.33 Å². The van der Waals surface area contributed by atoms with Crippen molar-refractivity contribution in [1.82, 2.24) is 25.4 Å². The Balaban J connectivity index is 2.03. The molecule has 0 radical (unpaired) electrons. The van der Waals surface area contributed by atoms with Gasteiger partial charge in [0.25, 0.3) is 5.91 Å². The predicted molar refractivity (Wildman–Crippen MR) is 49.8 cm³/mol. The van der Waals surface area contributed by atoms with Crippen LogP contribution in [0, 0.1) is 0 Å². The molecule has 0 saturated carbocycles. The summed E-state index contributed by atoms with van der Waals surface area (Å²) in [6, 6.07) is 0. The SMILES string of the molecule is O=C(c1ncn[nH]1)N1CCCNCC1. The predicted octanol–water partition coefficient (Wildman–Crippen LogP) is -0.760. The standard InChI is InChI=1S/C8H13N5O/c14-8(7-10-6-11-12-7)13-4-1-2-9-3-5-13/h6,9H,1-5H2,(H,10,11,12). The van der Waals surface area contributed by atoms with Gasteiger partial charge in [-0.2, -0.15) is 5.10 Å². The highest BCUT2D eigenvalue weighted by atomic mass is 16.2. The second kappa shape index (κ2) is 4.19. The minimum atomic E-state index is -0.0637. The number of H-pyrrole nitrogens is 1. The van der Waals surface area contributed by atoms with Gasteiger partial charge in [-0.25, -0.2) is 4.98 Å². The van der Waals surface area contributed by atoms with Crippen LogP contribution in [0.5, 0.6) is 0 Å². The second-order valence-corrected chi connectivity index (χ2v) is 3.23. The zero-order valence-electron chi connectivity index (χ0n) is 7.86. The van der Waals surface area contributed by atoms with E-state index in [9.17, 15) is 4.79 Å². The largest absolute Gasteiger partial charge is 0.335 e. The lowest BCUT2D eigenvalue weighted by molar-refractivity contribution is 0.0754. The molecule has 1 saturated heterocycles. The molecule has 2 rings (SSSR count).